The first-order valence-electron chi connectivity index (χ1n) is 12.1. The lowest BCUT2D eigenvalue weighted by Crippen LogP contribution is -2.54. The molecule has 2 aromatic carbocycles. The number of rotatable bonds is 8. The molecule has 180 valence electrons. The Morgan fingerprint density at radius 1 is 0.941 bits per heavy atom. The van der Waals surface area contributed by atoms with Crippen molar-refractivity contribution in [3.05, 3.63) is 59.7 Å². The molecule has 2 amide bonds. The van der Waals surface area contributed by atoms with Crippen LogP contribution < -0.4 is 10.6 Å². The van der Waals surface area contributed by atoms with Crippen molar-refractivity contribution in [3.8, 4) is 11.1 Å². The Balaban J connectivity index is 1.36. The molecule has 1 unspecified atom stereocenters. The highest BCUT2D eigenvalue weighted by Crippen LogP contribution is 2.44. The second-order valence-electron chi connectivity index (χ2n) is 9.15. The van der Waals surface area contributed by atoms with E-state index in [1.807, 2.05) is 36.4 Å². The number of benzene rings is 2. The SMILES string of the molecule is CC[C@@H](NC(=O)OCC1c2ccccc2-c2ccccc21)C(=O)NC(C(=O)O)C1CCCCC1. The molecule has 2 atom stereocenters. The fraction of sp³-hybridized carbons (Fsp3) is 0.444. The molecule has 2 aliphatic rings. The Bertz CT molecular complexity index is 1000. The van der Waals surface area contributed by atoms with Crippen molar-refractivity contribution in [1.82, 2.24) is 10.6 Å². The van der Waals surface area contributed by atoms with E-state index in [0.29, 0.717) is 6.42 Å². The average Bonchev–Trinajstić information content (AvgIpc) is 3.18. The molecule has 4 rings (SSSR count). The molecular formula is C27H32N2O5. The van der Waals surface area contributed by atoms with Crippen LogP contribution >= 0.6 is 0 Å². The minimum absolute atomic E-state index is 0.0743. The van der Waals surface area contributed by atoms with Gasteiger partial charge in [-0.15, -0.1) is 0 Å². The number of carbonyl (C=O) groups is 3. The number of carbonyl (C=O) groups excluding carboxylic acids is 2. The van der Waals surface area contributed by atoms with Gasteiger partial charge in [0.1, 0.15) is 18.7 Å². The van der Waals surface area contributed by atoms with E-state index in [0.717, 1.165) is 54.4 Å². The highest BCUT2D eigenvalue weighted by molar-refractivity contribution is 5.89. The zero-order valence-electron chi connectivity index (χ0n) is 19.5. The molecule has 3 N–H and O–H groups in total. The van der Waals surface area contributed by atoms with Crippen LogP contribution in [0.3, 0.4) is 0 Å². The first-order valence-corrected chi connectivity index (χ1v) is 12.1. The van der Waals surface area contributed by atoms with Gasteiger partial charge in [0.15, 0.2) is 0 Å². The Labute approximate surface area is 199 Å². The van der Waals surface area contributed by atoms with Crippen LogP contribution in [-0.2, 0) is 14.3 Å². The van der Waals surface area contributed by atoms with Crippen LogP contribution in [-0.4, -0.2) is 41.8 Å². The fourth-order valence-corrected chi connectivity index (χ4v) is 5.24. The van der Waals surface area contributed by atoms with Gasteiger partial charge in [0, 0.05) is 5.92 Å². The van der Waals surface area contributed by atoms with Gasteiger partial charge in [-0.05, 0) is 47.4 Å². The molecule has 2 aromatic rings. The first-order chi connectivity index (χ1) is 16.5. The minimum Gasteiger partial charge on any atom is -0.480 e. The number of nitrogens with one attached hydrogen (secondary N) is 2. The predicted molar refractivity (Wildman–Crippen MR) is 128 cm³/mol. The zero-order valence-corrected chi connectivity index (χ0v) is 19.5. The van der Waals surface area contributed by atoms with Gasteiger partial charge in [0.2, 0.25) is 5.91 Å². The lowest BCUT2D eigenvalue weighted by atomic mass is 9.83. The molecular weight excluding hydrogens is 432 g/mol. The van der Waals surface area contributed by atoms with Crippen LogP contribution in [0.2, 0.25) is 0 Å². The number of carboxylic acids is 1. The van der Waals surface area contributed by atoms with Gasteiger partial charge in [-0.3, -0.25) is 4.79 Å². The predicted octanol–water partition coefficient (Wildman–Crippen LogP) is 4.45. The summed E-state index contributed by atoms with van der Waals surface area (Å²) in [6.45, 7) is 1.92. The lowest BCUT2D eigenvalue weighted by molar-refractivity contribution is -0.144. The molecule has 0 heterocycles. The van der Waals surface area contributed by atoms with Crippen LogP contribution in [0.1, 0.15) is 62.5 Å². The van der Waals surface area contributed by atoms with Crippen LogP contribution in [0.15, 0.2) is 48.5 Å². The maximum Gasteiger partial charge on any atom is 0.407 e. The standard InChI is InChI=1S/C27H32N2O5/c1-2-23(25(30)29-24(26(31)32)17-10-4-3-5-11-17)28-27(33)34-16-22-20-14-8-6-12-18(20)19-13-7-9-15-21(19)22/h6-9,12-15,17,22-24H,2-5,10-11,16H2,1H3,(H,28,33)(H,29,30)(H,31,32)/t23-,24?/m1/s1. The summed E-state index contributed by atoms with van der Waals surface area (Å²) >= 11 is 0. The second kappa shape index (κ2) is 10.7. The molecule has 34 heavy (non-hydrogen) atoms. The molecule has 0 saturated heterocycles. The normalized spacial score (nSPS) is 17.2. The molecule has 0 radical (unpaired) electrons. The van der Waals surface area contributed by atoms with E-state index in [-0.39, 0.29) is 18.4 Å². The average molecular weight is 465 g/mol. The summed E-state index contributed by atoms with van der Waals surface area (Å²) < 4.78 is 5.54. The van der Waals surface area contributed by atoms with Crippen molar-refractivity contribution in [2.45, 2.75) is 63.5 Å². The third kappa shape index (κ3) is 5.08. The Morgan fingerprint density at radius 2 is 1.53 bits per heavy atom. The van der Waals surface area contributed by atoms with E-state index in [1.165, 1.54) is 0 Å². The maximum absolute atomic E-state index is 12.8. The van der Waals surface area contributed by atoms with Crippen LogP contribution in [0, 0.1) is 5.92 Å². The van der Waals surface area contributed by atoms with E-state index in [4.69, 9.17) is 4.74 Å². The largest absolute Gasteiger partial charge is 0.480 e. The van der Waals surface area contributed by atoms with E-state index in [9.17, 15) is 19.5 Å². The number of hydrogen-bond donors (Lipinski definition) is 3. The number of amides is 2. The molecule has 0 spiro atoms. The molecule has 2 aliphatic carbocycles. The number of hydrogen-bond acceptors (Lipinski definition) is 4. The second-order valence-corrected chi connectivity index (χ2v) is 9.15. The van der Waals surface area contributed by atoms with Crippen molar-refractivity contribution in [3.63, 3.8) is 0 Å². The first kappa shape index (κ1) is 23.8. The number of fused-ring (bicyclic) bond motifs is 3. The van der Waals surface area contributed by atoms with Crippen molar-refractivity contribution < 1.29 is 24.2 Å². The summed E-state index contributed by atoms with van der Waals surface area (Å²) in [6, 6.07) is 14.4. The van der Waals surface area contributed by atoms with Gasteiger partial charge in [0.25, 0.3) is 0 Å². The van der Waals surface area contributed by atoms with Gasteiger partial charge < -0.3 is 20.5 Å². The fourth-order valence-electron chi connectivity index (χ4n) is 5.24. The summed E-state index contributed by atoms with van der Waals surface area (Å²) in [4.78, 5) is 37.2. The van der Waals surface area contributed by atoms with E-state index in [2.05, 4.69) is 22.8 Å². The maximum atomic E-state index is 12.8. The Hall–Kier alpha value is -3.35. The number of ether oxygens (including phenoxy) is 1. The monoisotopic (exact) mass is 464 g/mol. The van der Waals surface area contributed by atoms with Crippen LogP contribution in [0.4, 0.5) is 4.79 Å². The number of aliphatic carboxylic acids is 1. The van der Waals surface area contributed by atoms with E-state index in [1.54, 1.807) is 6.92 Å². The summed E-state index contributed by atoms with van der Waals surface area (Å²) in [6.07, 6.45) is 4.25. The van der Waals surface area contributed by atoms with Crippen molar-refractivity contribution in [2.75, 3.05) is 6.61 Å². The van der Waals surface area contributed by atoms with Crippen LogP contribution in [0.25, 0.3) is 11.1 Å². The Morgan fingerprint density at radius 3 is 2.09 bits per heavy atom. The summed E-state index contributed by atoms with van der Waals surface area (Å²) in [7, 11) is 0. The number of alkyl carbamates (subject to hydrolysis) is 1. The molecule has 7 heteroatoms. The third-order valence-electron chi connectivity index (χ3n) is 7.05. The molecule has 1 saturated carbocycles. The smallest absolute Gasteiger partial charge is 0.407 e. The zero-order chi connectivity index (χ0) is 24.1. The number of carboxylic acid groups (broad SMARTS) is 1. The third-order valence-corrected chi connectivity index (χ3v) is 7.05. The van der Waals surface area contributed by atoms with Gasteiger partial charge in [-0.1, -0.05) is 74.7 Å². The topological polar surface area (TPSA) is 105 Å². The van der Waals surface area contributed by atoms with E-state index >= 15 is 0 Å². The molecule has 1 fully saturated rings. The summed E-state index contributed by atoms with van der Waals surface area (Å²) in [5.74, 6) is -1.68. The van der Waals surface area contributed by atoms with Gasteiger partial charge in [-0.25, -0.2) is 9.59 Å². The van der Waals surface area contributed by atoms with E-state index < -0.39 is 30.1 Å². The van der Waals surface area contributed by atoms with Gasteiger partial charge >= 0.3 is 12.1 Å². The molecule has 0 bridgehead atoms. The minimum atomic E-state index is -1.03. The van der Waals surface area contributed by atoms with Crippen molar-refractivity contribution >= 4 is 18.0 Å². The quantitative estimate of drug-likeness (QED) is 0.535. The van der Waals surface area contributed by atoms with Crippen LogP contribution in [0.5, 0.6) is 0 Å². The molecule has 0 aliphatic heterocycles. The highest BCUT2D eigenvalue weighted by atomic mass is 16.5. The highest BCUT2D eigenvalue weighted by Gasteiger charge is 2.33. The van der Waals surface area contributed by atoms with Crippen molar-refractivity contribution in [1.29, 1.82) is 0 Å². The lowest BCUT2D eigenvalue weighted by Gasteiger charge is -2.29. The Kier molecular flexibility index (Phi) is 7.50. The van der Waals surface area contributed by atoms with Crippen molar-refractivity contribution in [2.24, 2.45) is 5.92 Å². The molecule has 0 aromatic heterocycles. The molecule has 7 nitrogen and oxygen atoms in total. The summed E-state index contributed by atoms with van der Waals surface area (Å²) in [5.41, 5.74) is 4.50. The van der Waals surface area contributed by atoms with Gasteiger partial charge in [0.05, 0.1) is 0 Å². The van der Waals surface area contributed by atoms with Gasteiger partial charge in [-0.2, -0.15) is 0 Å². The summed E-state index contributed by atoms with van der Waals surface area (Å²) in [5, 5.41) is 14.9.